The van der Waals surface area contributed by atoms with Crippen molar-refractivity contribution in [1.82, 2.24) is 9.99 Å². The summed E-state index contributed by atoms with van der Waals surface area (Å²) in [6.07, 6.45) is 4.28. The van der Waals surface area contributed by atoms with Crippen molar-refractivity contribution in [2.24, 2.45) is 5.84 Å². The Morgan fingerprint density at radius 1 is 1.04 bits per heavy atom. The van der Waals surface area contributed by atoms with Gasteiger partial charge in [-0.05, 0) is 89.5 Å². The number of hydrazine groups is 1. The van der Waals surface area contributed by atoms with Crippen molar-refractivity contribution in [3.63, 3.8) is 0 Å². The highest BCUT2D eigenvalue weighted by molar-refractivity contribution is 6.00. The van der Waals surface area contributed by atoms with Gasteiger partial charge < -0.3 is 4.74 Å². The van der Waals surface area contributed by atoms with Crippen LogP contribution in [-0.4, -0.2) is 29.6 Å². The van der Waals surface area contributed by atoms with Crippen LogP contribution in [0.1, 0.15) is 27.0 Å². The Balaban J connectivity index is 2.02. The number of carbonyl (C=O) groups excluding carboxylic acids is 1. The number of pyridine rings is 1. The molecule has 0 atom stereocenters. The predicted octanol–water partition coefficient (Wildman–Crippen LogP) is 3.91. The Bertz CT molecular complexity index is 1060. The molecule has 1 aromatic heterocycles. The van der Waals surface area contributed by atoms with E-state index >= 15 is 0 Å². The van der Waals surface area contributed by atoms with E-state index in [0.29, 0.717) is 12.1 Å². The lowest BCUT2D eigenvalue weighted by atomic mass is 9.85. The maximum absolute atomic E-state index is 12.8. The van der Waals surface area contributed by atoms with Crippen LogP contribution in [0.5, 0.6) is 5.75 Å². The Hall–Kier alpha value is -3.18. The third-order valence-corrected chi connectivity index (χ3v) is 5.47. The van der Waals surface area contributed by atoms with Crippen LogP contribution >= 0.6 is 0 Å². The van der Waals surface area contributed by atoms with Crippen LogP contribution in [-0.2, 0) is 6.42 Å². The zero-order valence-corrected chi connectivity index (χ0v) is 16.3. The number of hydrogen-bond acceptors (Lipinski definition) is 4. The van der Waals surface area contributed by atoms with Crippen molar-refractivity contribution in [2.45, 2.75) is 20.3 Å². The second-order valence-corrected chi connectivity index (χ2v) is 7.12. The number of hydrogen-bond donors (Lipinski definition) is 1. The number of benzene rings is 2. The third kappa shape index (κ3) is 2.94. The summed E-state index contributed by atoms with van der Waals surface area (Å²) in [5.74, 6) is 6.62. The van der Waals surface area contributed by atoms with Crippen molar-refractivity contribution in [3.05, 3.63) is 71.0 Å². The van der Waals surface area contributed by atoms with Gasteiger partial charge in [0.15, 0.2) is 0 Å². The molecule has 1 aliphatic heterocycles. The van der Waals surface area contributed by atoms with Crippen LogP contribution in [0.2, 0.25) is 0 Å². The molecular weight excluding hydrogens is 350 g/mol. The van der Waals surface area contributed by atoms with Gasteiger partial charge in [0.05, 0.1) is 7.11 Å². The van der Waals surface area contributed by atoms with E-state index in [9.17, 15) is 4.79 Å². The number of aryl methyl sites for hydroxylation is 1. The topological polar surface area (TPSA) is 68.4 Å². The zero-order valence-electron chi connectivity index (χ0n) is 16.3. The number of carbonyl (C=O) groups is 1. The maximum Gasteiger partial charge on any atom is 0.268 e. The number of fused-ring (bicyclic) bond motifs is 1. The molecule has 28 heavy (non-hydrogen) atoms. The van der Waals surface area contributed by atoms with Crippen LogP contribution in [0, 0.1) is 13.8 Å². The average Bonchev–Trinajstić information content (AvgIpc) is 2.71. The molecule has 1 aliphatic rings. The molecule has 0 saturated heterocycles. The van der Waals surface area contributed by atoms with Crippen molar-refractivity contribution < 1.29 is 9.53 Å². The number of rotatable bonds is 3. The number of nitrogens with two attached hydrogens (primary N) is 1. The summed E-state index contributed by atoms with van der Waals surface area (Å²) in [4.78, 5) is 17.0. The Kier molecular flexibility index (Phi) is 4.61. The van der Waals surface area contributed by atoms with E-state index in [-0.39, 0.29) is 5.91 Å². The quantitative estimate of drug-likeness (QED) is 0.558. The van der Waals surface area contributed by atoms with Gasteiger partial charge in [-0.1, -0.05) is 6.07 Å². The van der Waals surface area contributed by atoms with Gasteiger partial charge in [-0.25, -0.2) is 5.84 Å². The van der Waals surface area contributed by atoms with Gasteiger partial charge in [-0.3, -0.25) is 14.8 Å². The SMILES string of the molecule is COc1ccc(C)c(-c2cc3c(c(-c4ccncc4)c2)CCN(N)C3=O)c1C. The van der Waals surface area contributed by atoms with E-state index < -0.39 is 0 Å². The fourth-order valence-electron chi connectivity index (χ4n) is 4.05. The monoisotopic (exact) mass is 373 g/mol. The largest absolute Gasteiger partial charge is 0.496 e. The van der Waals surface area contributed by atoms with Crippen LogP contribution in [0.4, 0.5) is 0 Å². The Labute approximate surface area is 164 Å². The molecule has 1 amide bonds. The highest BCUT2D eigenvalue weighted by atomic mass is 16.5. The number of ether oxygens (including phenoxy) is 1. The second kappa shape index (κ2) is 7.09. The molecular formula is C23H23N3O2. The predicted molar refractivity (Wildman–Crippen MR) is 110 cm³/mol. The summed E-state index contributed by atoms with van der Waals surface area (Å²) in [5, 5.41) is 1.30. The highest BCUT2D eigenvalue weighted by Gasteiger charge is 2.26. The summed E-state index contributed by atoms with van der Waals surface area (Å²) in [6.45, 7) is 4.63. The molecule has 2 N–H and O–H groups in total. The molecule has 0 bridgehead atoms. The van der Waals surface area contributed by atoms with E-state index in [1.54, 1.807) is 19.5 Å². The highest BCUT2D eigenvalue weighted by Crippen LogP contribution is 2.39. The lowest BCUT2D eigenvalue weighted by Gasteiger charge is -2.27. The van der Waals surface area contributed by atoms with E-state index in [2.05, 4.69) is 18.0 Å². The van der Waals surface area contributed by atoms with Crippen LogP contribution in [0.15, 0.2) is 48.8 Å². The van der Waals surface area contributed by atoms with Gasteiger partial charge in [0.2, 0.25) is 0 Å². The van der Waals surface area contributed by atoms with Gasteiger partial charge in [-0.2, -0.15) is 0 Å². The first-order chi connectivity index (χ1) is 13.5. The standard InChI is InChI=1S/C23H23N3O2/c1-14-4-5-21(28-3)15(2)22(14)17-12-19(16-6-9-25-10-7-16)18-8-11-26(24)23(27)20(18)13-17/h4-7,9-10,12-13H,8,11,24H2,1-3H3. The number of methoxy groups -OCH3 is 1. The Morgan fingerprint density at radius 3 is 2.46 bits per heavy atom. The summed E-state index contributed by atoms with van der Waals surface area (Å²) in [5.41, 5.74) is 8.06. The van der Waals surface area contributed by atoms with Crippen LogP contribution < -0.4 is 10.6 Å². The first kappa shape index (κ1) is 18.2. The van der Waals surface area contributed by atoms with Gasteiger partial charge in [0.1, 0.15) is 5.75 Å². The lowest BCUT2D eigenvalue weighted by molar-refractivity contribution is 0.0740. The van der Waals surface area contributed by atoms with E-state index in [4.69, 9.17) is 10.6 Å². The molecule has 0 fully saturated rings. The van der Waals surface area contributed by atoms with Gasteiger partial charge >= 0.3 is 0 Å². The summed E-state index contributed by atoms with van der Waals surface area (Å²) in [6, 6.07) is 12.1. The minimum Gasteiger partial charge on any atom is -0.496 e. The summed E-state index contributed by atoms with van der Waals surface area (Å²) < 4.78 is 5.52. The van der Waals surface area contributed by atoms with Crippen LogP contribution in [0.3, 0.4) is 0 Å². The summed E-state index contributed by atoms with van der Waals surface area (Å²) in [7, 11) is 1.67. The molecule has 0 unspecified atom stereocenters. The molecule has 4 rings (SSSR count). The van der Waals surface area contributed by atoms with E-state index in [1.807, 2.05) is 37.3 Å². The zero-order chi connectivity index (χ0) is 19.8. The van der Waals surface area contributed by atoms with E-state index in [1.165, 1.54) is 5.01 Å². The van der Waals surface area contributed by atoms with Crippen molar-refractivity contribution >= 4 is 5.91 Å². The molecule has 3 aromatic rings. The molecule has 0 aliphatic carbocycles. The van der Waals surface area contributed by atoms with Crippen LogP contribution in [0.25, 0.3) is 22.3 Å². The van der Waals surface area contributed by atoms with Crippen molar-refractivity contribution in [2.75, 3.05) is 13.7 Å². The number of amides is 1. The number of aromatic nitrogens is 1. The third-order valence-electron chi connectivity index (χ3n) is 5.47. The van der Waals surface area contributed by atoms with Gasteiger partial charge in [0.25, 0.3) is 5.91 Å². The fourth-order valence-corrected chi connectivity index (χ4v) is 4.05. The first-order valence-electron chi connectivity index (χ1n) is 9.29. The molecule has 5 heteroatoms. The molecule has 2 heterocycles. The smallest absolute Gasteiger partial charge is 0.268 e. The molecule has 5 nitrogen and oxygen atoms in total. The molecule has 0 saturated carbocycles. The fraction of sp³-hybridized carbons (Fsp3) is 0.217. The van der Waals surface area contributed by atoms with Gasteiger partial charge in [0, 0.05) is 24.5 Å². The normalized spacial score (nSPS) is 13.4. The second-order valence-electron chi connectivity index (χ2n) is 7.12. The maximum atomic E-state index is 12.8. The molecule has 0 radical (unpaired) electrons. The van der Waals surface area contributed by atoms with Crippen molar-refractivity contribution in [3.8, 4) is 28.0 Å². The molecule has 0 spiro atoms. The van der Waals surface area contributed by atoms with Crippen molar-refractivity contribution in [1.29, 1.82) is 0 Å². The molecule has 2 aromatic carbocycles. The lowest BCUT2D eigenvalue weighted by Crippen LogP contribution is -2.42. The number of nitrogens with zero attached hydrogens (tertiary/aromatic N) is 2. The average molecular weight is 373 g/mol. The Morgan fingerprint density at radius 2 is 1.75 bits per heavy atom. The minimum atomic E-state index is -0.142. The van der Waals surface area contributed by atoms with E-state index in [0.717, 1.165) is 51.1 Å². The molecule has 142 valence electrons. The first-order valence-corrected chi connectivity index (χ1v) is 9.29. The summed E-state index contributed by atoms with van der Waals surface area (Å²) >= 11 is 0. The minimum absolute atomic E-state index is 0.142. The van der Waals surface area contributed by atoms with Gasteiger partial charge in [-0.15, -0.1) is 0 Å².